The fourth-order valence-corrected chi connectivity index (χ4v) is 4.98. The third kappa shape index (κ3) is 11.2. The van der Waals surface area contributed by atoms with Gasteiger partial charge >= 0.3 is 17.9 Å². The summed E-state index contributed by atoms with van der Waals surface area (Å²) >= 11 is 0. The van der Waals surface area contributed by atoms with Gasteiger partial charge in [0.15, 0.2) is 0 Å². The second kappa shape index (κ2) is 16.9. The summed E-state index contributed by atoms with van der Waals surface area (Å²) in [5, 5.41) is 0. The van der Waals surface area contributed by atoms with Gasteiger partial charge < -0.3 is 33.5 Å². The summed E-state index contributed by atoms with van der Waals surface area (Å²) in [6.45, 7) is 16.5. The molecule has 2 heterocycles. The van der Waals surface area contributed by atoms with Crippen molar-refractivity contribution in [2.75, 3.05) is 65.8 Å². The van der Waals surface area contributed by atoms with E-state index < -0.39 is 52.6 Å². The number of esters is 3. The lowest BCUT2D eigenvalue weighted by atomic mass is 9.88. The van der Waals surface area contributed by atoms with E-state index in [9.17, 15) is 24.0 Å². The number of rotatable bonds is 12. The number of benzene rings is 1. The average Bonchev–Trinajstić information content (AvgIpc) is 3.05. The SMILES string of the molecule is C=C(C[C@@H](COC(=O)C(C)(C)C)C(=O)N1CCOCC1)[C@H](OC(=O)c1ccccc1)[C@@H](COC(=O)C(C)(C)C)C(=O)N1CCOCC1. The standard InChI is InChI=1S/C35H50N2O10/c1-24(21-26(22-45-32(41)34(2,3)4)29(38)36-13-17-43-18-14-36)28(47-31(40)25-11-9-8-10-12-25)27(23-46-33(42)35(5,6)7)30(39)37-15-19-44-20-16-37/h8-12,26-28H,1,13-23H2,2-7H3/t26-,27+,28-/m0/s1. The van der Waals surface area contributed by atoms with Gasteiger partial charge in [-0.05, 0) is 65.7 Å². The zero-order valence-electron chi connectivity index (χ0n) is 28.6. The minimum Gasteiger partial charge on any atom is -0.464 e. The predicted molar refractivity (Wildman–Crippen MR) is 172 cm³/mol. The van der Waals surface area contributed by atoms with E-state index in [1.54, 1.807) is 81.7 Å². The van der Waals surface area contributed by atoms with Crippen LogP contribution in [0.2, 0.25) is 0 Å². The van der Waals surface area contributed by atoms with Gasteiger partial charge in [0, 0.05) is 26.2 Å². The van der Waals surface area contributed by atoms with Gasteiger partial charge in [-0.25, -0.2) is 4.79 Å². The van der Waals surface area contributed by atoms with Gasteiger partial charge in [0.2, 0.25) is 11.8 Å². The van der Waals surface area contributed by atoms with Crippen LogP contribution in [0, 0.1) is 22.7 Å². The van der Waals surface area contributed by atoms with E-state index >= 15 is 0 Å². The van der Waals surface area contributed by atoms with E-state index in [0.717, 1.165) is 0 Å². The minimum absolute atomic E-state index is 0.0690. The van der Waals surface area contributed by atoms with Crippen molar-refractivity contribution in [3.05, 3.63) is 48.0 Å². The second-order valence-electron chi connectivity index (χ2n) is 13.9. The van der Waals surface area contributed by atoms with Crippen molar-refractivity contribution in [2.24, 2.45) is 22.7 Å². The lowest BCUT2D eigenvalue weighted by Crippen LogP contribution is -2.50. The van der Waals surface area contributed by atoms with Crippen molar-refractivity contribution in [1.29, 1.82) is 0 Å². The molecule has 12 nitrogen and oxygen atoms in total. The Morgan fingerprint density at radius 3 is 1.70 bits per heavy atom. The van der Waals surface area contributed by atoms with Crippen LogP contribution in [-0.2, 0) is 42.9 Å². The second-order valence-corrected chi connectivity index (χ2v) is 13.9. The van der Waals surface area contributed by atoms with Crippen molar-refractivity contribution < 1.29 is 47.7 Å². The number of carbonyl (C=O) groups is 5. The Kier molecular flexibility index (Phi) is 13.5. The van der Waals surface area contributed by atoms with E-state index in [-0.39, 0.29) is 36.7 Å². The van der Waals surface area contributed by atoms with E-state index in [4.69, 9.17) is 23.7 Å². The quantitative estimate of drug-likeness (QED) is 0.187. The predicted octanol–water partition coefficient (Wildman–Crippen LogP) is 3.29. The number of morpholine rings is 2. The molecule has 12 heteroatoms. The molecule has 3 rings (SSSR count). The lowest BCUT2D eigenvalue weighted by Gasteiger charge is -2.35. The summed E-state index contributed by atoms with van der Waals surface area (Å²) in [5.74, 6) is -4.47. The summed E-state index contributed by atoms with van der Waals surface area (Å²) in [6, 6.07) is 8.28. The molecule has 0 aromatic heterocycles. The molecule has 2 aliphatic rings. The van der Waals surface area contributed by atoms with Crippen LogP contribution in [0.3, 0.4) is 0 Å². The molecule has 0 saturated carbocycles. The van der Waals surface area contributed by atoms with E-state index in [1.165, 1.54) is 0 Å². The van der Waals surface area contributed by atoms with Crippen LogP contribution in [0.15, 0.2) is 42.5 Å². The number of hydrogen-bond donors (Lipinski definition) is 0. The largest absolute Gasteiger partial charge is 0.464 e. The fourth-order valence-electron chi connectivity index (χ4n) is 4.98. The molecule has 0 radical (unpaired) electrons. The van der Waals surface area contributed by atoms with E-state index in [0.29, 0.717) is 52.6 Å². The van der Waals surface area contributed by atoms with Gasteiger partial charge in [0.25, 0.3) is 0 Å². The summed E-state index contributed by atoms with van der Waals surface area (Å²) in [4.78, 5) is 70.2. The third-order valence-electron chi connectivity index (χ3n) is 7.87. The summed E-state index contributed by atoms with van der Waals surface area (Å²) < 4.78 is 28.1. The van der Waals surface area contributed by atoms with Crippen molar-refractivity contribution in [3.8, 4) is 0 Å². The molecule has 1 aromatic carbocycles. The molecular formula is C35H50N2O10. The normalized spacial score (nSPS) is 17.6. The Bertz CT molecular complexity index is 1260. The topological polar surface area (TPSA) is 138 Å². The smallest absolute Gasteiger partial charge is 0.338 e. The van der Waals surface area contributed by atoms with Crippen LogP contribution in [0.5, 0.6) is 0 Å². The van der Waals surface area contributed by atoms with Gasteiger partial charge in [0.05, 0.1) is 48.7 Å². The van der Waals surface area contributed by atoms with Crippen molar-refractivity contribution in [2.45, 2.75) is 54.1 Å². The first kappa shape index (κ1) is 37.7. The molecule has 2 aliphatic heterocycles. The molecule has 0 N–H and O–H groups in total. The molecule has 47 heavy (non-hydrogen) atoms. The fraction of sp³-hybridized carbons (Fsp3) is 0.629. The molecule has 2 fully saturated rings. The van der Waals surface area contributed by atoms with Crippen molar-refractivity contribution >= 4 is 29.7 Å². The van der Waals surface area contributed by atoms with Crippen molar-refractivity contribution in [1.82, 2.24) is 9.80 Å². The molecule has 0 unspecified atom stereocenters. The Hall–Kier alpha value is -3.77. The lowest BCUT2D eigenvalue weighted by molar-refractivity contribution is -0.159. The van der Waals surface area contributed by atoms with Gasteiger partial charge in [-0.3, -0.25) is 19.2 Å². The molecule has 0 bridgehead atoms. The molecule has 0 aliphatic carbocycles. The first-order chi connectivity index (χ1) is 22.1. The highest BCUT2D eigenvalue weighted by atomic mass is 16.6. The van der Waals surface area contributed by atoms with Gasteiger partial charge in [-0.1, -0.05) is 24.8 Å². The van der Waals surface area contributed by atoms with Gasteiger partial charge in [-0.2, -0.15) is 0 Å². The summed E-state index contributed by atoms with van der Waals surface area (Å²) in [5.41, 5.74) is -1.17. The molecule has 1 aromatic rings. The summed E-state index contributed by atoms with van der Waals surface area (Å²) in [7, 11) is 0. The van der Waals surface area contributed by atoms with Crippen LogP contribution in [0.1, 0.15) is 58.3 Å². The number of amides is 2. The Morgan fingerprint density at radius 2 is 1.21 bits per heavy atom. The zero-order chi connectivity index (χ0) is 34.8. The molecular weight excluding hydrogens is 608 g/mol. The Morgan fingerprint density at radius 1 is 0.745 bits per heavy atom. The number of nitrogens with zero attached hydrogens (tertiary/aromatic N) is 2. The zero-order valence-corrected chi connectivity index (χ0v) is 28.6. The molecule has 260 valence electrons. The van der Waals surface area contributed by atoms with E-state index in [1.807, 2.05) is 0 Å². The number of carbonyl (C=O) groups excluding carboxylic acids is 5. The maximum atomic E-state index is 14.1. The van der Waals surface area contributed by atoms with Crippen LogP contribution < -0.4 is 0 Å². The molecule has 2 amide bonds. The molecule has 0 spiro atoms. The van der Waals surface area contributed by atoms with Crippen LogP contribution >= 0.6 is 0 Å². The highest BCUT2D eigenvalue weighted by molar-refractivity contribution is 5.90. The highest BCUT2D eigenvalue weighted by Crippen LogP contribution is 2.29. The minimum atomic E-state index is -1.29. The third-order valence-corrected chi connectivity index (χ3v) is 7.87. The number of hydrogen-bond acceptors (Lipinski definition) is 10. The van der Waals surface area contributed by atoms with Gasteiger partial charge in [0.1, 0.15) is 25.2 Å². The highest BCUT2D eigenvalue weighted by Gasteiger charge is 2.41. The van der Waals surface area contributed by atoms with Crippen LogP contribution in [-0.4, -0.2) is 111 Å². The Balaban J connectivity index is 1.99. The van der Waals surface area contributed by atoms with Gasteiger partial charge in [-0.15, -0.1) is 0 Å². The molecule has 2 saturated heterocycles. The monoisotopic (exact) mass is 658 g/mol. The summed E-state index contributed by atoms with van der Waals surface area (Å²) in [6.07, 6.45) is -1.36. The van der Waals surface area contributed by atoms with Crippen LogP contribution in [0.25, 0.3) is 0 Å². The Labute approximate surface area is 277 Å². The molecule has 3 atom stereocenters. The maximum Gasteiger partial charge on any atom is 0.338 e. The average molecular weight is 659 g/mol. The number of ether oxygens (including phenoxy) is 5. The first-order valence-corrected chi connectivity index (χ1v) is 16.1. The van der Waals surface area contributed by atoms with Crippen molar-refractivity contribution in [3.63, 3.8) is 0 Å². The van der Waals surface area contributed by atoms with Crippen LogP contribution in [0.4, 0.5) is 0 Å². The first-order valence-electron chi connectivity index (χ1n) is 16.1. The maximum absolute atomic E-state index is 14.1. The van der Waals surface area contributed by atoms with E-state index in [2.05, 4.69) is 6.58 Å².